The van der Waals surface area contributed by atoms with Gasteiger partial charge in [-0.1, -0.05) is 18.2 Å². The second-order valence-electron chi connectivity index (χ2n) is 6.85. The number of hydrogen-bond donors (Lipinski definition) is 2. The van der Waals surface area contributed by atoms with E-state index in [1.54, 1.807) is 19.5 Å². The zero-order chi connectivity index (χ0) is 19.7. The van der Waals surface area contributed by atoms with E-state index in [1.807, 2.05) is 40.7 Å². The first-order valence-electron chi connectivity index (χ1n) is 9.31. The molecule has 0 spiro atoms. The van der Waals surface area contributed by atoms with E-state index in [-0.39, 0.29) is 17.9 Å². The molecule has 1 atom stereocenters. The van der Waals surface area contributed by atoms with E-state index in [1.165, 1.54) is 0 Å². The van der Waals surface area contributed by atoms with Gasteiger partial charge < -0.3 is 24.5 Å². The lowest BCUT2D eigenvalue weighted by molar-refractivity contribution is 0.0640. The highest BCUT2D eigenvalue weighted by Gasteiger charge is 2.32. The van der Waals surface area contributed by atoms with Crippen molar-refractivity contribution in [1.82, 2.24) is 24.8 Å². The molecule has 0 saturated heterocycles. The maximum atomic E-state index is 13.2. The van der Waals surface area contributed by atoms with Crippen LogP contribution in [0.2, 0.25) is 0 Å². The van der Waals surface area contributed by atoms with Crippen molar-refractivity contribution < 1.29 is 14.3 Å². The SMILES string of the molecule is COCCNC(=O)c1cn2c(n1)[C@H](C)N(C(=O)c1c[nH]c3ccccc13)CC2. The lowest BCUT2D eigenvalue weighted by atomic mass is 10.1. The fraction of sp³-hybridized carbons (Fsp3) is 0.350. The summed E-state index contributed by atoms with van der Waals surface area (Å²) in [6.07, 6.45) is 3.51. The molecule has 8 heteroatoms. The molecule has 0 radical (unpaired) electrons. The van der Waals surface area contributed by atoms with Gasteiger partial charge in [-0.05, 0) is 13.0 Å². The van der Waals surface area contributed by atoms with Crippen LogP contribution in [0.4, 0.5) is 0 Å². The molecule has 3 heterocycles. The fourth-order valence-electron chi connectivity index (χ4n) is 3.64. The molecule has 4 rings (SSSR count). The summed E-state index contributed by atoms with van der Waals surface area (Å²) in [6, 6.07) is 7.53. The van der Waals surface area contributed by atoms with Gasteiger partial charge in [0.1, 0.15) is 11.5 Å². The molecule has 0 aliphatic carbocycles. The summed E-state index contributed by atoms with van der Waals surface area (Å²) in [5.74, 6) is 0.447. The molecule has 1 aliphatic heterocycles. The van der Waals surface area contributed by atoms with Crippen molar-refractivity contribution in [3.05, 3.63) is 53.7 Å². The van der Waals surface area contributed by atoms with E-state index in [9.17, 15) is 9.59 Å². The van der Waals surface area contributed by atoms with Crippen molar-refractivity contribution >= 4 is 22.7 Å². The number of fused-ring (bicyclic) bond motifs is 2. The van der Waals surface area contributed by atoms with Crippen molar-refractivity contribution in [1.29, 1.82) is 0 Å². The predicted octanol–water partition coefficient (Wildman–Crippen LogP) is 1.96. The number of nitrogens with one attached hydrogen (secondary N) is 2. The molecule has 8 nitrogen and oxygen atoms in total. The summed E-state index contributed by atoms with van der Waals surface area (Å²) in [7, 11) is 1.59. The highest BCUT2D eigenvalue weighted by atomic mass is 16.5. The second kappa shape index (κ2) is 7.47. The topological polar surface area (TPSA) is 92.2 Å². The Bertz CT molecular complexity index is 1020. The van der Waals surface area contributed by atoms with Crippen LogP contribution in [0.3, 0.4) is 0 Å². The Morgan fingerprint density at radius 1 is 1.32 bits per heavy atom. The molecule has 146 valence electrons. The Balaban J connectivity index is 1.55. The molecule has 2 amide bonds. The molecule has 0 saturated carbocycles. The van der Waals surface area contributed by atoms with Crippen LogP contribution in [0, 0.1) is 0 Å². The molecule has 28 heavy (non-hydrogen) atoms. The first-order chi connectivity index (χ1) is 13.6. The minimum Gasteiger partial charge on any atom is -0.383 e. The van der Waals surface area contributed by atoms with Crippen molar-refractivity contribution in [2.45, 2.75) is 19.5 Å². The van der Waals surface area contributed by atoms with Crippen LogP contribution >= 0.6 is 0 Å². The maximum Gasteiger partial charge on any atom is 0.271 e. The van der Waals surface area contributed by atoms with Crippen molar-refractivity contribution in [2.24, 2.45) is 0 Å². The Kier molecular flexibility index (Phi) is 4.87. The summed E-state index contributed by atoms with van der Waals surface area (Å²) in [4.78, 5) is 34.9. The molecule has 0 unspecified atom stereocenters. The molecule has 1 aliphatic rings. The zero-order valence-electron chi connectivity index (χ0n) is 15.9. The van der Waals surface area contributed by atoms with E-state index in [2.05, 4.69) is 15.3 Å². The van der Waals surface area contributed by atoms with Crippen LogP contribution in [-0.2, 0) is 11.3 Å². The Labute approximate surface area is 162 Å². The summed E-state index contributed by atoms with van der Waals surface area (Å²) >= 11 is 0. The van der Waals surface area contributed by atoms with Crippen molar-refractivity contribution in [2.75, 3.05) is 26.8 Å². The minimum absolute atomic E-state index is 0.0368. The summed E-state index contributed by atoms with van der Waals surface area (Å²) in [5, 5.41) is 3.68. The third-order valence-corrected chi connectivity index (χ3v) is 5.14. The zero-order valence-corrected chi connectivity index (χ0v) is 15.9. The van der Waals surface area contributed by atoms with Gasteiger partial charge in [-0.2, -0.15) is 0 Å². The van der Waals surface area contributed by atoms with Crippen LogP contribution in [0.1, 0.15) is 39.6 Å². The number of nitrogens with zero attached hydrogens (tertiary/aromatic N) is 3. The van der Waals surface area contributed by atoms with Gasteiger partial charge in [0.05, 0.1) is 18.2 Å². The molecular formula is C20H23N5O3. The van der Waals surface area contributed by atoms with Gasteiger partial charge in [0.2, 0.25) is 0 Å². The number of imidazole rings is 1. The lowest BCUT2D eigenvalue weighted by Gasteiger charge is -2.33. The predicted molar refractivity (Wildman–Crippen MR) is 104 cm³/mol. The van der Waals surface area contributed by atoms with Crippen LogP contribution in [0.25, 0.3) is 10.9 Å². The number of H-pyrrole nitrogens is 1. The number of ether oxygens (including phenoxy) is 1. The Hall–Kier alpha value is -3.13. The van der Waals surface area contributed by atoms with Gasteiger partial charge in [0.25, 0.3) is 11.8 Å². The number of amides is 2. The molecule has 0 fully saturated rings. The summed E-state index contributed by atoms with van der Waals surface area (Å²) < 4.78 is 6.90. The smallest absolute Gasteiger partial charge is 0.271 e. The second-order valence-corrected chi connectivity index (χ2v) is 6.85. The molecule has 1 aromatic carbocycles. The van der Waals surface area contributed by atoms with Gasteiger partial charge in [-0.25, -0.2) is 4.98 Å². The van der Waals surface area contributed by atoms with E-state index in [4.69, 9.17) is 4.74 Å². The third-order valence-electron chi connectivity index (χ3n) is 5.14. The van der Waals surface area contributed by atoms with Crippen molar-refractivity contribution in [3.63, 3.8) is 0 Å². The average molecular weight is 381 g/mol. The molecule has 2 N–H and O–H groups in total. The number of hydrogen-bond acceptors (Lipinski definition) is 4. The third kappa shape index (κ3) is 3.16. The van der Waals surface area contributed by atoms with Gasteiger partial charge in [-0.15, -0.1) is 0 Å². The standard InChI is InChI=1S/C20H23N5O3/c1-13-18-23-17(19(26)21-7-10-28-2)12-24(18)8-9-25(13)20(27)15-11-22-16-6-4-3-5-14(15)16/h3-6,11-13,22H,7-10H2,1-2H3,(H,21,26)/t13-/m0/s1. The van der Waals surface area contributed by atoms with Gasteiger partial charge in [0.15, 0.2) is 0 Å². The van der Waals surface area contributed by atoms with Gasteiger partial charge in [0, 0.05) is 50.0 Å². The van der Waals surface area contributed by atoms with E-state index >= 15 is 0 Å². The van der Waals surface area contributed by atoms with Crippen LogP contribution < -0.4 is 5.32 Å². The number of para-hydroxylation sites is 1. The monoisotopic (exact) mass is 381 g/mol. The lowest BCUT2D eigenvalue weighted by Crippen LogP contribution is -2.41. The normalized spacial score (nSPS) is 16.2. The number of carbonyl (C=O) groups is 2. The maximum absolute atomic E-state index is 13.2. The van der Waals surface area contributed by atoms with Crippen LogP contribution in [0.5, 0.6) is 0 Å². The van der Waals surface area contributed by atoms with E-state index < -0.39 is 0 Å². The van der Waals surface area contributed by atoms with E-state index in [0.29, 0.717) is 37.5 Å². The number of rotatable bonds is 5. The van der Waals surface area contributed by atoms with Gasteiger partial charge in [-0.3, -0.25) is 9.59 Å². The molecule has 0 bridgehead atoms. The average Bonchev–Trinajstić information content (AvgIpc) is 3.33. The molecular weight excluding hydrogens is 358 g/mol. The first kappa shape index (κ1) is 18.2. The van der Waals surface area contributed by atoms with Crippen LogP contribution in [0.15, 0.2) is 36.7 Å². The first-order valence-corrected chi connectivity index (χ1v) is 9.31. The fourth-order valence-corrected chi connectivity index (χ4v) is 3.64. The Morgan fingerprint density at radius 2 is 2.14 bits per heavy atom. The summed E-state index contributed by atoms with van der Waals surface area (Å²) in [5.41, 5.74) is 1.95. The molecule has 3 aromatic rings. The quantitative estimate of drug-likeness (QED) is 0.661. The largest absolute Gasteiger partial charge is 0.383 e. The minimum atomic E-state index is -0.236. The number of benzene rings is 1. The number of carbonyl (C=O) groups excluding carboxylic acids is 2. The summed E-state index contributed by atoms with van der Waals surface area (Å²) in [6.45, 7) is 3.98. The van der Waals surface area contributed by atoms with E-state index in [0.717, 1.165) is 16.7 Å². The van der Waals surface area contributed by atoms with Crippen molar-refractivity contribution in [3.8, 4) is 0 Å². The number of methoxy groups -OCH3 is 1. The van der Waals surface area contributed by atoms with Gasteiger partial charge >= 0.3 is 0 Å². The highest BCUT2D eigenvalue weighted by Crippen LogP contribution is 2.28. The van der Waals surface area contributed by atoms with Crippen LogP contribution in [-0.4, -0.2) is 58.1 Å². The molecule has 2 aromatic heterocycles. The highest BCUT2D eigenvalue weighted by molar-refractivity contribution is 6.06. The Morgan fingerprint density at radius 3 is 2.96 bits per heavy atom. The number of aromatic amines is 1. The number of aromatic nitrogens is 3.